The first-order valence-electron chi connectivity index (χ1n) is 6.54. The third-order valence-electron chi connectivity index (χ3n) is 3.03. The van der Waals surface area contributed by atoms with Crippen molar-refractivity contribution in [2.75, 3.05) is 13.2 Å². The Balaban J connectivity index is 2.82. The Morgan fingerprint density at radius 1 is 1.40 bits per heavy atom. The summed E-state index contributed by atoms with van der Waals surface area (Å²) in [6.45, 7) is 6.03. The van der Waals surface area contributed by atoms with Gasteiger partial charge in [0, 0.05) is 18.8 Å². The average molecular weight is 322 g/mol. The Bertz CT molecular complexity index is 587. The first-order chi connectivity index (χ1) is 9.22. The summed E-state index contributed by atoms with van der Waals surface area (Å²) in [7, 11) is -3.67. The molecule has 0 aromatic carbocycles. The van der Waals surface area contributed by atoms with Gasteiger partial charge in [0.2, 0.25) is 0 Å². The number of aliphatic hydroxyl groups is 1. The lowest BCUT2D eigenvalue weighted by atomic mass is 9.88. The van der Waals surface area contributed by atoms with Crippen molar-refractivity contribution in [1.29, 1.82) is 0 Å². The normalized spacial score (nSPS) is 12.8. The highest BCUT2D eigenvalue weighted by Crippen LogP contribution is 2.23. The minimum Gasteiger partial charge on any atom is -0.396 e. The molecule has 1 rings (SSSR count). The Hall–Kier alpha value is -0.700. The van der Waals surface area contributed by atoms with Crippen molar-refractivity contribution >= 4 is 21.4 Å². The molecule has 20 heavy (non-hydrogen) atoms. The van der Waals surface area contributed by atoms with Gasteiger partial charge in [-0.25, -0.2) is 13.1 Å². The zero-order valence-corrected chi connectivity index (χ0v) is 13.7. The first-order valence-corrected chi connectivity index (χ1v) is 8.84. The number of H-pyrrole nitrogens is 1. The molecule has 0 saturated carbocycles. The van der Waals surface area contributed by atoms with E-state index in [4.69, 9.17) is 5.11 Å². The molecule has 1 aromatic heterocycles. The Labute approximate surface area is 123 Å². The molecule has 1 aromatic rings. The predicted octanol–water partition coefficient (Wildman–Crippen LogP) is 1.08. The number of nitrogens with one attached hydrogen (secondary N) is 2. The van der Waals surface area contributed by atoms with Gasteiger partial charge < -0.3 is 10.1 Å². The molecule has 8 heteroatoms. The van der Waals surface area contributed by atoms with E-state index in [1.165, 1.54) is 0 Å². The van der Waals surface area contributed by atoms with Crippen LogP contribution in [0, 0.1) is 5.41 Å². The van der Waals surface area contributed by atoms with E-state index in [9.17, 15) is 13.2 Å². The van der Waals surface area contributed by atoms with E-state index in [1.54, 1.807) is 6.92 Å². The second kappa shape index (κ2) is 6.84. The number of rotatable bonds is 8. The van der Waals surface area contributed by atoms with Gasteiger partial charge in [0.25, 0.3) is 10.0 Å². The number of thiazole rings is 1. The van der Waals surface area contributed by atoms with Gasteiger partial charge >= 0.3 is 4.87 Å². The molecule has 1 heterocycles. The zero-order chi connectivity index (χ0) is 15.4. The highest BCUT2D eigenvalue weighted by atomic mass is 32.2. The standard InChI is InChI=1S/C12H22N2O4S2/c1-4-9-10(19-11(16)14-9)20(17,18)13-8-12(2,3)6-5-7-15/h13,15H,4-8H2,1-3H3,(H,14,16). The topological polar surface area (TPSA) is 99.3 Å². The number of aliphatic hydroxyl groups excluding tert-OH is 1. The van der Waals surface area contributed by atoms with Crippen LogP contribution in [0.3, 0.4) is 0 Å². The quantitative estimate of drug-likeness (QED) is 0.667. The Kier molecular flexibility index (Phi) is 5.93. The number of sulfonamides is 1. The summed E-state index contributed by atoms with van der Waals surface area (Å²) in [5.41, 5.74) is 0.198. The fourth-order valence-electron chi connectivity index (χ4n) is 1.80. The summed E-state index contributed by atoms with van der Waals surface area (Å²) in [6.07, 6.45) is 1.81. The van der Waals surface area contributed by atoms with Crippen LogP contribution in [-0.2, 0) is 16.4 Å². The summed E-state index contributed by atoms with van der Waals surface area (Å²) < 4.78 is 27.1. The van der Waals surface area contributed by atoms with Crippen molar-refractivity contribution in [3.8, 4) is 0 Å². The molecule has 0 amide bonds. The minimum absolute atomic E-state index is 0.0722. The summed E-state index contributed by atoms with van der Waals surface area (Å²) in [4.78, 5) is 13.5. The third-order valence-corrected chi connectivity index (χ3v) is 5.92. The molecular weight excluding hydrogens is 300 g/mol. The second-order valence-electron chi connectivity index (χ2n) is 5.45. The van der Waals surface area contributed by atoms with E-state index < -0.39 is 10.0 Å². The number of aromatic amines is 1. The predicted molar refractivity (Wildman–Crippen MR) is 79.6 cm³/mol. The number of aryl methyl sites for hydroxylation is 1. The number of hydrogen-bond acceptors (Lipinski definition) is 5. The van der Waals surface area contributed by atoms with Crippen molar-refractivity contribution in [2.24, 2.45) is 5.41 Å². The van der Waals surface area contributed by atoms with Crippen LogP contribution in [0.15, 0.2) is 9.00 Å². The highest BCUT2D eigenvalue weighted by Gasteiger charge is 2.25. The van der Waals surface area contributed by atoms with Gasteiger partial charge in [0.05, 0.1) is 0 Å². The molecule has 0 aliphatic rings. The zero-order valence-electron chi connectivity index (χ0n) is 12.0. The van der Waals surface area contributed by atoms with Gasteiger partial charge in [0.1, 0.15) is 0 Å². The second-order valence-corrected chi connectivity index (χ2v) is 8.40. The lowest BCUT2D eigenvalue weighted by molar-refractivity contribution is 0.242. The highest BCUT2D eigenvalue weighted by molar-refractivity contribution is 7.91. The van der Waals surface area contributed by atoms with E-state index >= 15 is 0 Å². The van der Waals surface area contributed by atoms with Gasteiger partial charge in [-0.1, -0.05) is 32.1 Å². The Morgan fingerprint density at radius 2 is 2.05 bits per heavy atom. The van der Waals surface area contributed by atoms with E-state index in [2.05, 4.69) is 9.71 Å². The minimum atomic E-state index is -3.67. The molecule has 116 valence electrons. The fourth-order valence-corrected chi connectivity index (χ4v) is 4.53. The van der Waals surface area contributed by atoms with E-state index in [0.29, 0.717) is 29.9 Å². The summed E-state index contributed by atoms with van der Waals surface area (Å²) in [5.74, 6) is 0. The molecule has 0 aliphatic heterocycles. The maximum Gasteiger partial charge on any atom is 0.306 e. The molecule has 0 bridgehead atoms. The summed E-state index contributed by atoms with van der Waals surface area (Å²) >= 11 is 0.713. The molecule has 6 nitrogen and oxygen atoms in total. The van der Waals surface area contributed by atoms with Crippen molar-refractivity contribution in [3.63, 3.8) is 0 Å². The third kappa shape index (κ3) is 4.69. The van der Waals surface area contributed by atoms with Gasteiger partial charge in [-0.2, -0.15) is 0 Å². The molecule has 0 radical (unpaired) electrons. The smallest absolute Gasteiger partial charge is 0.306 e. The van der Waals surface area contributed by atoms with Crippen LogP contribution in [0.5, 0.6) is 0 Å². The molecule has 0 fully saturated rings. The molecule has 0 spiro atoms. The molecular formula is C12H22N2O4S2. The van der Waals surface area contributed by atoms with E-state index in [0.717, 1.165) is 6.42 Å². The van der Waals surface area contributed by atoms with Gasteiger partial charge in [0.15, 0.2) is 4.21 Å². The molecule has 0 aliphatic carbocycles. The van der Waals surface area contributed by atoms with Crippen LogP contribution < -0.4 is 9.60 Å². The van der Waals surface area contributed by atoms with Crippen molar-refractivity contribution < 1.29 is 13.5 Å². The SMILES string of the molecule is CCc1[nH]c(=O)sc1S(=O)(=O)NCC(C)(C)CCCO. The van der Waals surface area contributed by atoms with Crippen LogP contribution in [-0.4, -0.2) is 31.7 Å². The maximum absolute atomic E-state index is 12.2. The fraction of sp³-hybridized carbons (Fsp3) is 0.750. The van der Waals surface area contributed by atoms with Crippen LogP contribution in [0.2, 0.25) is 0 Å². The molecule has 3 N–H and O–H groups in total. The van der Waals surface area contributed by atoms with Gasteiger partial charge in [-0.15, -0.1) is 0 Å². The van der Waals surface area contributed by atoms with Crippen LogP contribution in [0.25, 0.3) is 0 Å². The van der Waals surface area contributed by atoms with Crippen LogP contribution in [0.4, 0.5) is 0 Å². The van der Waals surface area contributed by atoms with Crippen molar-refractivity contribution in [2.45, 2.75) is 44.2 Å². The lowest BCUT2D eigenvalue weighted by Crippen LogP contribution is -2.34. The van der Waals surface area contributed by atoms with Gasteiger partial charge in [-0.3, -0.25) is 4.79 Å². The maximum atomic E-state index is 12.2. The largest absolute Gasteiger partial charge is 0.396 e. The van der Waals surface area contributed by atoms with Gasteiger partial charge in [-0.05, 0) is 24.7 Å². The Morgan fingerprint density at radius 3 is 2.60 bits per heavy atom. The van der Waals surface area contributed by atoms with E-state index in [-0.39, 0.29) is 27.6 Å². The average Bonchev–Trinajstić information content (AvgIpc) is 2.77. The van der Waals surface area contributed by atoms with Crippen LogP contribution in [0.1, 0.15) is 39.3 Å². The molecule has 0 atom stereocenters. The molecule has 0 saturated heterocycles. The van der Waals surface area contributed by atoms with E-state index in [1.807, 2.05) is 13.8 Å². The van der Waals surface area contributed by atoms with Crippen LogP contribution >= 0.6 is 11.3 Å². The lowest BCUT2D eigenvalue weighted by Gasteiger charge is -2.24. The molecule has 0 unspecified atom stereocenters. The first kappa shape index (κ1) is 17.4. The van der Waals surface area contributed by atoms with Crippen molar-refractivity contribution in [3.05, 3.63) is 15.4 Å². The monoisotopic (exact) mass is 322 g/mol. The summed E-state index contributed by atoms with van der Waals surface area (Å²) in [5, 5.41) is 8.83. The number of hydrogen-bond donors (Lipinski definition) is 3. The summed E-state index contributed by atoms with van der Waals surface area (Å²) in [6, 6.07) is 0. The number of aromatic nitrogens is 1. The van der Waals surface area contributed by atoms with Crippen molar-refractivity contribution in [1.82, 2.24) is 9.71 Å².